The van der Waals surface area contributed by atoms with Crippen molar-refractivity contribution in [3.8, 4) is 5.75 Å². The zero-order valence-corrected chi connectivity index (χ0v) is 21.6. The van der Waals surface area contributed by atoms with Crippen LogP contribution >= 0.6 is 0 Å². The maximum absolute atomic E-state index is 13.1. The standard InChI is InChI=1S/C23H35N3O9S/c1-22(2,3)35-21(30)26(16-12-23(34-14-16)7-9-25(10-8-23)20(28)29)13-17(27)15-33-18-5-4-6-19(11-18)36(24,31)32/h4-6,11,16-17,27H,7-10,12-15H2,1-3H3,(H,28,29)(H2,24,31,32)/t16-,17+/m1/s1. The van der Waals surface area contributed by atoms with Crippen molar-refractivity contribution in [3.63, 3.8) is 0 Å². The summed E-state index contributed by atoms with van der Waals surface area (Å²) in [6.45, 7) is 5.86. The Kier molecular flexibility index (Phi) is 8.38. The normalized spacial score (nSPS) is 20.7. The third-order valence-electron chi connectivity index (χ3n) is 6.19. The molecule has 0 saturated carbocycles. The van der Waals surface area contributed by atoms with Gasteiger partial charge in [-0.2, -0.15) is 0 Å². The van der Waals surface area contributed by atoms with Crippen molar-refractivity contribution in [3.05, 3.63) is 24.3 Å². The van der Waals surface area contributed by atoms with Crippen LogP contribution in [-0.4, -0.2) is 96.8 Å². The van der Waals surface area contributed by atoms with Gasteiger partial charge in [0.05, 0.1) is 29.7 Å². The molecule has 3 rings (SSSR count). The summed E-state index contributed by atoms with van der Waals surface area (Å²) in [5, 5.41) is 25.1. The largest absolute Gasteiger partial charge is 0.491 e. The topological polar surface area (TPSA) is 169 Å². The van der Waals surface area contributed by atoms with Gasteiger partial charge in [0.15, 0.2) is 0 Å². The number of aliphatic hydroxyl groups excluding tert-OH is 1. The third kappa shape index (κ3) is 7.45. The first-order chi connectivity index (χ1) is 16.7. The zero-order chi connectivity index (χ0) is 26.7. The Hall–Kier alpha value is -2.61. The molecule has 2 aliphatic rings. The molecular formula is C23H35N3O9S. The fraction of sp³-hybridized carbons (Fsp3) is 0.652. The summed E-state index contributed by atoms with van der Waals surface area (Å²) in [6.07, 6.45) is -1.16. The molecule has 13 heteroatoms. The number of piperidine rings is 1. The van der Waals surface area contributed by atoms with Crippen molar-refractivity contribution in [1.29, 1.82) is 0 Å². The minimum Gasteiger partial charge on any atom is -0.491 e. The highest BCUT2D eigenvalue weighted by molar-refractivity contribution is 7.89. The smallest absolute Gasteiger partial charge is 0.410 e. The number of rotatable bonds is 7. The van der Waals surface area contributed by atoms with Gasteiger partial charge in [0.1, 0.15) is 24.1 Å². The van der Waals surface area contributed by atoms with Gasteiger partial charge in [-0.15, -0.1) is 0 Å². The highest BCUT2D eigenvalue weighted by atomic mass is 32.2. The Morgan fingerprint density at radius 1 is 1.31 bits per heavy atom. The monoisotopic (exact) mass is 529 g/mol. The summed E-state index contributed by atoms with van der Waals surface area (Å²) in [5.74, 6) is 0.206. The highest BCUT2D eigenvalue weighted by Crippen LogP contribution is 2.38. The summed E-state index contributed by atoms with van der Waals surface area (Å²) in [6, 6.07) is 5.22. The Labute approximate surface area is 210 Å². The molecule has 1 spiro atoms. The number of sulfonamides is 1. The molecular weight excluding hydrogens is 494 g/mol. The van der Waals surface area contributed by atoms with Crippen molar-refractivity contribution < 1.29 is 42.4 Å². The molecule has 0 unspecified atom stereocenters. The van der Waals surface area contributed by atoms with Gasteiger partial charge in [-0.25, -0.2) is 23.1 Å². The first-order valence-electron chi connectivity index (χ1n) is 11.7. The van der Waals surface area contributed by atoms with E-state index in [-0.39, 0.29) is 36.4 Å². The maximum atomic E-state index is 13.1. The summed E-state index contributed by atoms with van der Waals surface area (Å²) in [4.78, 5) is 27.0. The molecule has 2 aliphatic heterocycles. The van der Waals surface area contributed by atoms with Crippen LogP contribution in [0.5, 0.6) is 5.75 Å². The summed E-state index contributed by atoms with van der Waals surface area (Å²) >= 11 is 0. The van der Waals surface area contributed by atoms with Gasteiger partial charge in [0.2, 0.25) is 10.0 Å². The lowest BCUT2D eigenvalue weighted by Gasteiger charge is -2.38. The molecule has 2 saturated heterocycles. The average molecular weight is 530 g/mol. The highest BCUT2D eigenvalue weighted by Gasteiger charge is 2.46. The molecule has 0 radical (unpaired) electrons. The van der Waals surface area contributed by atoms with Crippen molar-refractivity contribution in [1.82, 2.24) is 9.80 Å². The average Bonchev–Trinajstić information content (AvgIpc) is 3.17. The SMILES string of the molecule is CC(C)(C)OC(=O)N(C[C@H](O)COc1cccc(S(N)(=O)=O)c1)[C@H]1COC2(CCN(C(=O)O)CC2)C1. The Morgan fingerprint density at radius 2 is 1.97 bits per heavy atom. The van der Waals surface area contributed by atoms with E-state index in [1.807, 2.05) is 0 Å². The van der Waals surface area contributed by atoms with Crippen LogP contribution in [0.3, 0.4) is 0 Å². The number of primary sulfonamides is 1. The molecule has 4 N–H and O–H groups in total. The van der Waals surface area contributed by atoms with Crippen LogP contribution in [0.1, 0.15) is 40.0 Å². The second-order valence-electron chi connectivity index (χ2n) is 10.2. The van der Waals surface area contributed by atoms with Gasteiger partial charge < -0.3 is 34.2 Å². The van der Waals surface area contributed by atoms with E-state index >= 15 is 0 Å². The Bertz CT molecular complexity index is 1050. The first kappa shape index (κ1) is 28.0. The van der Waals surface area contributed by atoms with E-state index in [0.717, 1.165) is 0 Å². The van der Waals surface area contributed by atoms with Gasteiger partial charge in [-0.1, -0.05) is 6.07 Å². The number of carbonyl (C=O) groups excluding carboxylic acids is 1. The van der Waals surface area contributed by atoms with E-state index in [9.17, 15) is 28.2 Å². The van der Waals surface area contributed by atoms with E-state index in [0.29, 0.717) is 32.4 Å². The van der Waals surface area contributed by atoms with Crippen LogP contribution in [0.2, 0.25) is 0 Å². The number of amides is 2. The molecule has 1 aromatic carbocycles. The molecule has 2 heterocycles. The van der Waals surface area contributed by atoms with E-state index < -0.39 is 39.5 Å². The lowest BCUT2D eigenvalue weighted by atomic mass is 9.87. The van der Waals surface area contributed by atoms with Crippen LogP contribution < -0.4 is 9.88 Å². The van der Waals surface area contributed by atoms with Crippen LogP contribution in [0, 0.1) is 0 Å². The zero-order valence-electron chi connectivity index (χ0n) is 20.8. The lowest BCUT2D eigenvalue weighted by molar-refractivity contribution is -0.0407. The number of hydrogen-bond acceptors (Lipinski definition) is 8. The van der Waals surface area contributed by atoms with Crippen molar-refractivity contribution in [2.75, 3.05) is 32.8 Å². The fourth-order valence-corrected chi connectivity index (χ4v) is 4.93. The first-order valence-corrected chi connectivity index (χ1v) is 13.3. The van der Waals surface area contributed by atoms with Crippen LogP contribution in [-0.2, 0) is 19.5 Å². The minimum atomic E-state index is -3.91. The van der Waals surface area contributed by atoms with Gasteiger partial charge in [0, 0.05) is 19.2 Å². The number of ether oxygens (including phenoxy) is 3. The number of likely N-dealkylation sites (tertiary alicyclic amines) is 1. The predicted molar refractivity (Wildman–Crippen MR) is 128 cm³/mol. The second-order valence-corrected chi connectivity index (χ2v) is 11.8. The number of carboxylic acid groups (broad SMARTS) is 1. The second kappa shape index (κ2) is 10.8. The van der Waals surface area contributed by atoms with Crippen molar-refractivity contribution in [2.24, 2.45) is 5.14 Å². The van der Waals surface area contributed by atoms with Gasteiger partial charge in [-0.05, 0) is 52.2 Å². The summed E-state index contributed by atoms with van der Waals surface area (Å²) in [7, 11) is -3.91. The van der Waals surface area contributed by atoms with Crippen molar-refractivity contribution in [2.45, 2.75) is 68.3 Å². The Balaban J connectivity index is 1.66. The number of carbonyl (C=O) groups is 2. The maximum Gasteiger partial charge on any atom is 0.410 e. The Morgan fingerprint density at radius 3 is 2.56 bits per heavy atom. The number of nitrogens with zero attached hydrogens (tertiary/aromatic N) is 2. The molecule has 2 fully saturated rings. The molecule has 36 heavy (non-hydrogen) atoms. The molecule has 0 aromatic heterocycles. The molecule has 2 atom stereocenters. The number of nitrogens with two attached hydrogens (primary N) is 1. The van der Waals surface area contributed by atoms with Crippen molar-refractivity contribution >= 4 is 22.2 Å². The molecule has 0 aliphatic carbocycles. The summed E-state index contributed by atoms with van der Waals surface area (Å²) < 4.78 is 40.3. The lowest BCUT2D eigenvalue weighted by Crippen LogP contribution is -2.50. The predicted octanol–water partition coefficient (Wildman–Crippen LogP) is 1.61. The molecule has 12 nitrogen and oxygen atoms in total. The van der Waals surface area contributed by atoms with Gasteiger partial charge >= 0.3 is 12.2 Å². The summed E-state index contributed by atoms with van der Waals surface area (Å²) in [5.41, 5.74) is -1.29. The number of benzene rings is 1. The molecule has 202 valence electrons. The fourth-order valence-electron chi connectivity index (χ4n) is 4.38. The van der Waals surface area contributed by atoms with Gasteiger partial charge in [0.25, 0.3) is 0 Å². The van der Waals surface area contributed by atoms with E-state index in [1.54, 1.807) is 20.8 Å². The van der Waals surface area contributed by atoms with Crippen LogP contribution in [0.15, 0.2) is 29.2 Å². The van der Waals surface area contributed by atoms with Crippen LogP contribution in [0.25, 0.3) is 0 Å². The quantitative estimate of drug-likeness (QED) is 0.475. The van der Waals surface area contributed by atoms with E-state index in [1.165, 1.54) is 34.1 Å². The molecule has 1 aromatic rings. The number of hydrogen-bond donors (Lipinski definition) is 3. The minimum absolute atomic E-state index is 0.102. The van der Waals surface area contributed by atoms with E-state index in [4.69, 9.17) is 19.3 Å². The third-order valence-corrected chi connectivity index (χ3v) is 7.10. The van der Waals surface area contributed by atoms with Gasteiger partial charge in [-0.3, -0.25) is 0 Å². The van der Waals surface area contributed by atoms with Crippen LogP contribution in [0.4, 0.5) is 9.59 Å². The number of aliphatic hydroxyl groups is 1. The molecule has 2 amide bonds. The molecule has 0 bridgehead atoms. The van der Waals surface area contributed by atoms with E-state index in [2.05, 4.69) is 0 Å².